The predicted octanol–water partition coefficient (Wildman–Crippen LogP) is 1.61. The minimum atomic E-state index is -3.37. The van der Waals surface area contributed by atoms with Crippen LogP contribution in [0.25, 0.3) is 0 Å². The average Bonchev–Trinajstić information content (AvgIpc) is 2.33. The minimum absolute atomic E-state index is 0.321. The van der Waals surface area contributed by atoms with Gasteiger partial charge in [0, 0.05) is 24.6 Å². The molecule has 0 unspecified atom stereocenters. The van der Waals surface area contributed by atoms with Crippen molar-refractivity contribution in [2.24, 2.45) is 5.73 Å². The van der Waals surface area contributed by atoms with Gasteiger partial charge in [-0.05, 0) is 24.6 Å². The molecule has 0 fully saturated rings. The van der Waals surface area contributed by atoms with Crippen LogP contribution in [0.3, 0.4) is 0 Å². The first kappa shape index (κ1) is 15.8. The Kier molecular flexibility index (Phi) is 7.10. The molecular weight excluding hydrogens is 288 g/mol. The van der Waals surface area contributed by atoms with Gasteiger partial charge in [0.25, 0.3) is 0 Å². The molecule has 0 aliphatic rings. The molecule has 7 heteroatoms. The molecule has 1 aromatic carbocycles. The maximum absolute atomic E-state index is 11.9. The molecule has 0 bridgehead atoms. The second kappa shape index (κ2) is 8.06. The van der Waals surface area contributed by atoms with E-state index in [0.29, 0.717) is 18.0 Å². The Morgan fingerprint density at radius 1 is 1.28 bits per heavy atom. The molecule has 102 valence electrons. The zero-order valence-corrected chi connectivity index (χ0v) is 12.7. The fourth-order valence-corrected chi connectivity index (χ4v) is 4.28. The number of benzene rings is 1. The first-order chi connectivity index (χ1) is 8.56. The van der Waals surface area contributed by atoms with Gasteiger partial charge in [0.2, 0.25) is 10.0 Å². The van der Waals surface area contributed by atoms with Crippen LogP contribution in [-0.4, -0.2) is 33.0 Å². The molecule has 0 spiro atoms. The summed E-state index contributed by atoms with van der Waals surface area (Å²) in [5.74, 6) is 1.62. The second-order valence-corrected chi connectivity index (χ2v) is 8.12. The van der Waals surface area contributed by atoms with Crippen molar-refractivity contribution in [2.45, 2.75) is 11.8 Å². The molecule has 18 heavy (non-hydrogen) atoms. The van der Waals surface area contributed by atoms with Crippen LogP contribution in [-0.2, 0) is 10.0 Å². The summed E-state index contributed by atoms with van der Waals surface area (Å²) >= 11 is 0. The van der Waals surface area contributed by atoms with Crippen LogP contribution in [0.15, 0.2) is 29.2 Å². The molecule has 0 amide bonds. The van der Waals surface area contributed by atoms with Crippen LogP contribution in [0.5, 0.6) is 0 Å². The third-order valence-electron chi connectivity index (χ3n) is 2.06. The lowest BCUT2D eigenvalue weighted by atomic mass is 10.2. The Balaban J connectivity index is 2.41. The Labute approximate surface area is 117 Å². The quantitative estimate of drug-likeness (QED) is 0.564. The molecule has 4 nitrogen and oxygen atoms in total. The van der Waals surface area contributed by atoms with Crippen LogP contribution in [0.4, 0.5) is 0 Å². The third kappa shape index (κ3) is 5.62. The summed E-state index contributed by atoms with van der Waals surface area (Å²) in [5.41, 5.74) is 6.29. The molecule has 0 radical (unpaired) electrons. The maximum Gasteiger partial charge on any atom is 0.240 e. The molecule has 0 aliphatic carbocycles. The smallest absolute Gasteiger partial charge is 0.240 e. The number of sulfonamides is 1. The highest BCUT2D eigenvalue weighted by molar-refractivity contribution is 8.76. The van der Waals surface area contributed by atoms with E-state index < -0.39 is 10.0 Å². The molecule has 0 aromatic heterocycles. The molecule has 0 saturated carbocycles. The highest BCUT2D eigenvalue weighted by Gasteiger charge is 2.12. The molecule has 0 saturated heterocycles. The SMILES string of the molecule is Cc1cccc(S(=O)(=O)NCCSSCCN)c1. The molecule has 1 rings (SSSR count). The van der Waals surface area contributed by atoms with Crippen LogP contribution < -0.4 is 10.5 Å². The Bertz CT molecular complexity index is 463. The van der Waals surface area contributed by atoms with Crippen molar-refractivity contribution >= 4 is 31.6 Å². The zero-order chi connectivity index (χ0) is 13.4. The van der Waals surface area contributed by atoms with Gasteiger partial charge in [-0.15, -0.1) is 0 Å². The molecular formula is C11H18N2O2S3. The van der Waals surface area contributed by atoms with Crippen LogP contribution >= 0.6 is 21.6 Å². The Morgan fingerprint density at radius 3 is 2.67 bits per heavy atom. The van der Waals surface area contributed by atoms with Gasteiger partial charge in [0.05, 0.1) is 4.90 Å². The van der Waals surface area contributed by atoms with Gasteiger partial charge in [-0.1, -0.05) is 33.7 Å². The van der Waals surface area contributed by atoms with Crippen LogP contribution in [0.1, 0.15) is 5.56 Å². The maximum atomic E-state index is 11.9. The van der Waals surface area contributed by atoms with E-state index in [1.54, 1.807) is 39.8 Å². The third-order valence-corrected chi connectivity index (χ3v) is 5.96. The van der Waals surface area contributed by atoms with E-state index in [4.69, 9.17) is 5.73 Å². The predicted molar refractivity (Wildman–Crippen MR) is 80.3 cm³/mol. The summed E-state index contributed by atoms with van der Waals surface area (Å²) in [6.45, 7) is 2.95. The summed E-state index contributed by atoms with van der Waals surface area (Å²) in [7, 11) is -0.0873. The Morgan fingerprint density at radius 2 is 2.00 bits per heavy atom. The van der Waals surface area contributed by atoms with Gasteiger partial charge in [-0.3, -0.25) is 0 Å². The first-order valence-electron chi connectivity index (χ1n) is 5.57. The standard InChI is InChI=1S/C11H18N2O2S3/c1-10-3-2-4-11(9-10)18(14,15)13-6-8-17-16-7-5-12/h2-4,9,13H,5-8,12H2,1H3. The second-order valence-electron chi connectivity index (χ2n) is 3.65. The van der Waals surface area contributed by atoms with E-state index in [1.807, 2.05) is 13.0 Å². The number of hydrogen-bond acceptors (Lipinski definition) is 5. The topological polar surface area (TPSA) is 72.2 Å². The van der Waals surface area contributed by atoms with Gasteiger partial charge in [0.1, 0.15) is 0 Å². The lowest BCUT2D eigenvalue weighted by Crippen LogP contribution is -2.25. The van der Waals surface area contributed by atoms with Crippen molar-refractivity contribution in [1.82, 2.24) is 4.72 Å². The number of hydrogen-bond donors (Lipinski definition) is 2. The van der Waals surface area contributed by atoms with E-state index in [9.17, 15) is 8.42 Å². The van der Waals surface area contributed by atoms with E-state index >= 15 is 0 Å². The summed E-state index contributed by atoms with van der Waals surface area (Å²) in [6, 6.07) is 6.89. The van der Waals surface area contributed by atoms with Gasteiger partial charge in [0.15, 0.2) is 0 Å². The van der Waals surface area contributed by atoms with E-state index in [2.05, 4.69) is 4.72 Å². The lowest BCUT2D eigenvalue weighted by molar-refractivity contribution is 0.584. The first-order valence-corrected chi connectivity index (χ1v) is 9.54. The summed E-state index contributed by atoms with van der Waals surface area (Å²) in [4.78, 5) is 0.321. The fraction of sp³-hybridized carbons (Fsp3) is 0.455. The molecule has 0 heterocycles. The average molecular weight is 306 g/mol. The van der Waals surface area contributed by atoms with Crippen molar-refractivity contribution < 1.29 is 8.42 Å². The Hall–Kier alpha value is -0.210. The molecule has 3 N–H and O–H groups in total. The lowest BCUT2D eigenvalue weighted by Gasteiger charge is -2.06. The summed E-state index contributed by atoms with van der Waals surface area (Å²) in [5, 5.41) is 0. The molecule has 0 aliphatic heterocycles. The summed E-state index contributed by atoms with van der Waals surface area (Å²) in [6.07, 6.45) is 0. The van der Waals surface area contributed by atoms with Crippen molar-refractivity contribution in [1.29, 1.82) is 0 Å². The number of nitrogens with two attached hydrogens (primary N) is 1. The van der Waals surface area contributed by atoms with Crippen molar-refractivity contribution in [3.8, 4) is 0 Å². The van der Waals surface area contributed by atoms with E-state index in [-0.39, 0.29) is 0 Å². The highest BCUT2D eigenvalue weighted by Crippen LogP contribution is 2.19. The van der Waals surface area contributed by atoms with Crippen molar-refractivity contribution in [3.05, 3.63) is 29.8 Å². The largest absolute Gasteiger partial charge is 0.330 e. The monoisotopic (exact) mass is 306 g/mol. The number of aryl methyl sites for hydroxylation is 1. The summed E-state index contributed by atoms with van der Waals surface area (Å²) < 4.78 is 26.4. The van der Waals surface area contributed by atoms with Crippen LogP contribution in [0, 0.1) is 6.92 Å². The highest BCUT2D eigenvalue weighted by atomic mass is 33.1. The van der Waals surface area contributed by atoms with Gasteiger partial charge < -0.3 is 5.73 Å². The fourth-order valence-electron chi connectivity index (χ4n) is 1.25. The van der Waals surface area contributed by atoms with E-state index in [1.165, 1.54) is 0 Å². The van der Waals surface area contributed by atoms with Gasteiger partial charge in [-0.2, -0.15) is 0 Å². The number of rotatable bonds is 8. The van der Waals surface area contributed by atoms with Crippen molar-refractivity contribution in [2.75, 3.05) is 24.6 Å². The van der Waals surface area contributed by atoms with Gasteiger partial charge in [-0.25, -0.2) is 13.1 Å². The zero-order valence-electron chi connectivity index (χ0n) is 10.3. The molecule has 1 aromatic rings. The molecule has 0 atom stereocenters. The number of nitrogens with one attached hydrogen (secondary N) is 1. The van der Waals surface area contributed by atoms with Gasteiger partial charge >= 0.3 is 0 Å². The van der Waals surface area contributed by atoms with Crippen molar-refractivity contribution in [3.63, 3.8) is 0 Å². The minimum Gasteiger partial charge on any atom is -0.330 e. The normalized spacial score (nSPS) is 11.7. The van der Waals surface area contributed by atoms with E-state index in [0.717, 1.165) is 17.1 Å². The van der Waals surface area contributed by atoms with Crippen LogP contribution in [0.2, 0.25) is 0 Å².